The Bertz CT molecular complexity index is 787. The third-order valence-electron chi connectivity index (χ3n) is 4.87. The number of amides is 1. The molecule has 1 fully saturated rings. The Morgan fingerprint density at radius 3 is 2.75 bits per heavy atom. The van der Waals surface area contributed by atoms with Crippen LogP contribution >= 0.6 is 11.8 Å². The van der Waals surface area contributed by atoms with Crippen molar-refractivity contribution in [3.8, 4) is 0 Å². The lowest BCUT2D eigenvalue weighted by atomic mass is 9.99. The molecule has 2 heterocycles. The molecule has 1 amide bonds. The van der Waals surface area contributed by atoms with Crippen molar-refractivity contribution in [2.45, 2.75) is 23.7 Å². The van der Waals surface area contributed by atoms with Crippen LogP contribution in [0, 0.1) is 0 Å². The van der Waals surface area contributed by atoms with Gasteiger partial charge in [0.1, 0.15) is 0 Å². The number of likely N-dealkylation sites (tertiary alicyclic amines) is 1. The van der Waals surface area contributed by atoms with Crippen molar-refractivity contribution in [3.05, 3.63) is 65.2 Å². The smallest absolute Gasteiger partial charge is 0.255 e. The fraction of sp³-hybridized carbons (Fsp3) is 0.300. The molecule has 0 saturated carbocycles. The zero-order valence-electron chi connectivity index (χ0n) is 13.4. The maximum Gasteiger partial charge on any atom is 0.255 e. The third-order valence-corrected chi connectivity index (χ3v) is 6.00. The number of ketones is 1. The lowest BCUT2D eigenvalue weighted by Crippen LogP contribution is -2.29. The van der Waals surface area contributed by atoms with E-state index in [-0.39, 0.29) is 11.7 Å². The summed E-state index contributed by atoms with van der Waals surface area (Å²) in [5, 5.41) is 0. The van der Waals surface area contributed by atoms with Crippen molar-refractivity contribution >= 4 is 23.5 Å². The van der Waals surface area contributed by atoms with E-state index in [4.69, 9.17) is 0 Å². The van der Waals surface area contributed by atoms with Crippen LogP contribution in [0.5, 0.6) is 0 Å². The Kier molecular flexibility index (Phi) is 4.15. The number of hydrogen-bond acceptors (Lipinski definition) is 3. The molecule has 1 unspecified atom stereocenters. The zero-order valence-corrected chi connectivity index (χ0v) is 14.2. The van der Waals surface area contributed by atoms with E-state index in [1.165, 1.54) is 5.56 Å². The first-order valence-electron chi connectivity index (χ1n) is 8.37. The second-order valence-electron chi connectivity index (χ2n) is 6.35. The maximum absolute atomic E-state index is 13.0. The van der Waals surface area contributed by atoms with E-state index in [0.29, 0.717) is 17.9 Å². The largest absolute Gasteiger partial charge is 0.338 e. The van der Waals surface area contributed by atoms with Gasteiger partial charge < -0.3 is 4.90 Å². The Labute approximate surface area is 146 Å². The first-order valence-corrected chi connectivity index (χ1v) is 9.36. The topological polar surface area (TPSA) is 37.4 Å². The first kappa shape index (κ1) is 15.5. The molecule has 4 rings (SSSR count). The molecule has 1 atom stereocenters. The molecule has 2 aliphatic heterocycles. The van der Waals surface area contributed by atoms with Crippen LogP contribution in [0.3, 0.4) is 0 Å². The van der Waals surface area contributed by atoms with Gasteiger partial charge >= 0.3 is 0 Å². The predicted molar refractivity (Wildman–Crippen MR) is 95.8 cm³/mol. The number of hydrogen-bond donors (Lipinski definition) is 0. The van der Waals surface area contributed by atoms with Crippen molar-refractivity contribution in [2.24, 2.45) is 0 Å². The van der Waals surface area contributed by atoms with Crippen molar-refractivity contribution in [2.75, 3.05) is 18.8 Å². The number of carbonyl (C=O) groups is 2. The van der Waals surface area contributed by atoms with Crippen LogP contribution in [0.25, 0.3) is 0 Å². The van der Waals surface area contributed by atoms with Crippen LogP contribution in [-0.4, -0.2) is 35.4 Å². The summed E-state index contributed by atoms with van der Waals surface area (Å²) >= 11 is 1.64. The average Bonchev–Trinajstić information content (AvgIpc) is 3.12. The van der Waals surface area contributed by atoms with E-state index in [1.54, 1.807) is 11.8 Å². The minimum absolute atomic E-state index is 0.0625. The molecule has 2 aromatic rings. The number of fused-ring (bicyclic) bond motifs is 1. The molecule has 0 aromatic heterocycles. The van der Waals surface area contributed by atoms with E-state index < -0.39 is 0 Å². The van der Waals surface area contributed by atoms with E-state index in [9.17, 15) is 9.59 Å². The highest BCUT2D eigenvalue weighted by atomic mass is 32.2. The predicted octanol–water partition coefficient (Wildman–Crippen LogP) is 3.99. The van der Waals surface area contributed by atoms with Crippen molar-refractivity contribution in [3.63, 3.8) is 0 Å². The highest BCUT2D eigenvalue weighted by molar-refractivity contribution is 7.99. The summed E-state index contributed by atoms with van der Waals surface area (Å²) in [5.74, 6) is 1.39. The SMILES string of the molecule is O=C1CCSc2c1cccc2C(=O)N1CCC(c2ccccc2)C1. The molecule has 1 saturated heterocycles. The monoisotopic (exact) mass is 337 g/mol. The van der Waals surface area contributed by atoms with Gasteiger partial charge in [0.05, 0.1) is 5.56 Å². The molecule has 0 radical (unpaired) electrons. The Morgan fingerprint density at radius 2 is 1.92 bits per heavy atom. The molecule has 4 heteroatoms. The number of thioether (sulfide) groups is 1. The second-order valence-corrected chi connectivity index (χ2v) is 7.46. The van der Waals surface area contributed by atoms with Crippen molar-refractivity contribution in [1.82, 2.24) is 4.90 Å². The van der Waals surface area contributed by atoms with Gasteiger partial charge in [0, 0.05) is 41.6 Å². The summed E-state index contributed by atoms with van der Waals surface area (Å²) in [6.07, 6.45) is 1.56. The lowest BCUT2D eigenvalue weighted by Gasteiger charge is -2.21. The summed E-state index contributed by atoms with van der Waals surface area (Å²) in [5.41, 5.74) is 2.71. The lowest BCUT2D eigenvalue weighted by molar-refractivity contribution is 0.0787. The van der Waals surface area contributed by atoms with Gasteiger partial charge in [-0.1, -0.05) is 42.5 Å². The minimum atomic E-state index is 0.0625. The number of carbonyl (C=O) groups excluding carboxylic acids is 2. The third kappa shape index (κ3) is 2.75. The number of nitrogens with zero attached hydrogens (tertiary/aromatic N) is 1. The van der Waals surface area contributed by atoms with Crippen LogP contribution < -0.4 is 0 Å². The molecule has 0 spiro atoms. The van der Waals surface area contributed by atoms with Crippen LogP contribution in [0.4, 0.5) is 0 Å². The summed E-state index contributed by atoms with van der Waals surface area (Å²) < 4.78 is 0. The second kappa shape index (κ2) is 6.44. The average molecular weight is 337 g/mol. The first-order chi connectivity index (χ1) is 11.7. The highest BCUT2D eigenvalue weighted by Crippen LogP contribution is 2.35. The van der Waals surface area contributed by atoms with Gasteiger partial charge in [-0.05, 0) is 18.1 Å². The van der Waals surface area contributed by atoms with Gasteiger partial charge in [-0.25, -0.2) is 0 Å². The molecule has 24 heavy (non-hydrogen) atoms. The van der Waals surface area contributed by atoms with Gasteiger partial charge in [0.2, 0.25) is 0 Å². The van der Waals surface area contributed by atoms with Crippen molar-refractivity contribution < 1.29 is 9.59 Å². The quantitative estimate of drug-likeness (QED) is 0.831. The van der Waals surface area contributed by atoms with Crippen LogP contribution in [0.1, 0.15) is 45.0 Å². The molecule has 122 valence electrons. The molecule has 2 aliphatic rings. The number of Topliss-reactive ketones (excluding diaryl/α,β-unsaturated/α-hetero) is 1. The van der Waals surface area contributed by atoms with Gasteiger partial charge in [-0.3, -0.25) is 9.59 Å². The molecule has 0 N–H and O–H groups in total. The number of benzene rings is 2. The van der Waals surface area contributed by atoms with Crippen molar-refractivity contribution in [1.29, 1.82) is 0 Å². The molecule has 0 aliphatic carbocycles. The Morgan fingerprint density at radius 1 is 1.08 bits per heavy atom. The van der Waals surface area contributed by atoms with Crippen LogP contribution in [-0.2, 0) is 0 Å². The molecular weight excluding hydrogens is 318 g/mol. The fourth-order valence-corrected chi connectivity index (χ4v) is 4.71. The Hall–Kier alpha value is -2.07. The number of rotatable bonds is 2. The summed E-state index contributed by atoms with van der Waals surface area (Å²) in [7, 11) is 0. The Balaban J connectivity index is 1.57. The molecular formula is C20H19NO2S. The normalized spacial score (nSPS) is 20.1. The van der Waals surface area contributed by atoms with Gasteiger partial charge in [0.25, 0.3) is 5.91 Å². The molecule has 2 aromatic carbocycles. The molecule has 0 bridgehead atoms. The zero-order chi connectivity index (χ0) is 16.5. The van der Waals surface area contributed by atoms with Crippen LogP contribution in [0.2, 0.25) is 0 Å². The van der Waals surface area contributed by atoms with Crippen LogP contribution in [0.15, 0.2) is 53.4 Å². The van der Waals surface area contributed by atoms with E-state index in [1.807, 2.05) is 29.2 Å². The van der Waals surface area contributed by atoms with Gasteiger partial charge in [-0.15, -0.1) is 11.8 Å². The van der Waals surface area contributed by atoms with Gasteiger partial charge in [-0.2, -0.15) is 0 Å². The van der Waals surface area contributed by atoms with E-state index in [0.717, 1.165) is 35.7 Å². The minimum Gasteiger partial charge on any atom is -0.338 e. The summed E-state index contributed by atoms with van der Waals surface area (Å²) in [6, 6.07) is 15.9. The van der Waals surface area contributed by atoms with E-state index in [2.05, 4.69) is 24.3 Å². The van der Waals surface area contributed by atoms with Gasteiger partial charge in [0.15, 0.2) is 5.78 Å². The standard InChI is InChI=1S/C20H19NO2S/c22-18-10-12-24-19-16(18)7-4-8-17(19)20(23)21-11-9-15(13-21)14-5-2-1-3-6-14/h1-8,15H,9-13H2. The highest BCUT2D eigenvalue weighted by Gasteiger charge is 2.30. The van der Waals surface area contributed by atoms with E-state index >= 15 is 0 Å². The summed E-state index contributed by atoms with van der Waals surface area (Å²) in [4.78, 5) is 27.9. The maximum atomic E-state index is 13.0. The fourth-order valence-electron chi connectivity index (χ4n) is 3.57. The summed E-state index contributed by atoms with van der Waals surface area (Å²) in [6.45, 7) is 1.53. The molecule has 3 nitrogen and oxygen atoms in total.